The zero-order valence-corrected chi connectivity index (χ0v) is 20.3. The van der Waals surface area contributed by atoms with Crippen LogP contribution in [0.3, 0.4) is 0 Å². The lowest BCUT2D eigenvalue weighted by molar-refractivity contribution is -0.136. The minimum atomic E-state index is -0.902. The topological polar surface area (TPSA) is 109 Å². The number of hydrogen-bond acceptors (Lipinski definition) is 5. The van der Waals surface area contributed by atoms with Crippen molar-refractivity contribution in [3.05, 3.63) is 88.1 Å². The number of para-hydroxylation sites is 1. The Kier molecular flexibility index (Phi) is 9.08. The van der Waals surface area contributed by atoms with Crippen molar-refractivity contribution in [2.75, 3.05) is 17.2 Å². The quantitative estimate of drug-likeness (QED) is 0.225. The lowest BCUT2D eigenvalue weighted by Gasteiger charge is -2.09. The van der Waals surface area contributed by atoms with Gasteiger partial charge in [-0.25, -0.2) is 9.82 Å². The average Bonchev–Trinajstić information content (AvgIpc) is 2.85. The van der Waals surface area contributed by atoms with Gasteiger partial charge in [-0.05, 0) is 66.1 Å². The fourth-order valence-corrected chi connectivity index (χ4v) is 3.26. The van der Waals surface area contributed by atoms with Gasteiger partial charge in [-0.1, -0.05) is 41.1 Å². The number of halogens is 2. The van der Waals surface area contributed by atoms with Gasteiger partial charge in [-0.15, -0.1) is 0 Å². The van der Waals surface area contributed by atoms with E-state index in [1.807, 2.05) is 19.1 Å². The van der Waals surface area contributed by atoms with Crippen molar-refractivity contribution in [1.82, 2.24) is 5.43 Å². The van der Waals surface area contributed by atoms with Crippen molar-refractivity contribution >= 4 is 51.2 Å². The van der Waals surface area contributed by atoms with Crippen molar-refractivity contribution in [2.24, 2.45) is 5.10 Å². The first-order valence-corrected chi connectivity index (χ1v) is 11.3. The van der Waals surface area contributed by atoms with Crippen LogP contribution in [0.25, 0.3) is 0 Å². The number of rotatable bonds is 8. The average molecular weight is 541 g/mol. The van der Waals surface area contributed by atoms with Gasteiger partial charge < -0.3 is 15.4 Å². The van der Waals surface area contributed by atoms with Crippen LogP contribution < -0.4 is 20.8 Å². The van der Waals surface area contributed by atoms with Gasteiger partial charge >= 0.3 is 11.8 Å². The molecule has 0 aliphatic carbocycles. The predicted molar refractivity (Wildman–Crippen MR) is 135 cm³/mol. The summed E-state index contributed by atoms with van der Waals surface area (Å²) in [4.78, 5) is 36.1. The van der Waals surface area contributed by atoms with Gasteiger partial charge in [0, 0.05) is 10.2 Å². The summed E-state index contributed by atoms with van der Waals surface area (Å²) in [7, 11) is 0. The van der Waals surface area contributed by atoms with E-state index in [-0.39, 0.29) is 12.3 Å². The van der Waals surface area contributed by atoms with Gasteiger partial charge in [0.1, 0.15) is 11.6 Å². The molecule has 3 aromatic carbocycles. The van der Waals surface area contributed by atoms with Gasteiger partial charge in [0.25, 0.3) is 5.91 Å². The Hall–Kier alpha value is -4.05. The molecule has 3 aromatic rings. The first kappa shape index (κ1) is 25.6. The molecule has 180 valence electrons. The molecule has 0 unspecified atom stereocenters. The van der Waals surface area contributed by atoms with E-state index < -0.39 is 23.5 Å². The molecule has 3 N–H and O–H groups in total. The number of anilines is 2. The first-order chi connectivity index (χ1) is 16.9. The van der Waals surface area contributed by atoms with Crippen molar-refractivity contribution in [1.29, 1.82) is 0 Å². The van der Waals surface area contributed by atoms with E-state index in [2.05, 4.69) is 37.1 Å². The number of carbonyl (C=O) groups excluding carboxylic acids is 3. The molecule has 0 aliphatic heterocycles. The highest BCUT2D eigenvalue weighted by atomic mass is 79.9. The normalized spacial score (nSPS) is 10.6. The third-order valence-electron chi connectivity index (χ3n) is 4.69. The van der Waals surface area contributed by atoms with Crippen LogP contribution in [-0.2, 0) is 20.8 Å². The first-order valence-electron chi connectivity index (χ1n) is 10.6. The highest BCUT2D eigenvalue weighted by molar-refractivity contribution is 9.10. The highest BCUT2D eigenvalue weighted by Crippen LogP contribution is 2.19. The number of ether oxygens (including phenoxy) is 1. The van der Waals surface area contributed by atoms with E-state index >= 15 is 0 Å². The van der Waals surface area contributed by atoms with E-state index in [4.69, 9.17) is 4.74 Å². The Labute approximate surface area is 209 Å². The zero-order chi connectivity index (χ0) is 25.2. The zero-order valence-electron chi connectivity index (χ0n) is 18.7. The molecule has 3 amide bonds. The maximum Gasteiger partial charge on any atom is 0.329 e. The second kappa shape index (κ2) is 12.4. The fraction of sp³-hybridized carbons (Fsp3) is 0.120. The summed E-state index contributed by atoms with van der Waals surface area (Å²) < 4.78 is 19.8. The second-order valence-corrected chi connectivity index (χ2v) is 8.11. The van der Waals surface area contributed by atoms with Gasteiger partial charge in [0.05, 0.1) is 11.9 Å². The minimum Gasteiger partial charge on any atom is -0.484 e. The minimum absolute atomic E-state index is 0.0543. The molecular weight excluding hydrogens is 519 g/mol. The van der Waals surface area contributed by atoms with Crippen LogP contribution in [0.15, 0.2) is 76.3 Å². The van der Waals surface area contributed by atoms with Gasteiger partial charge in [-0.3, -0.25) is 14.4 Å². The maximum absolute atomic E-state index is 13.8. The SMILES string of the molecule is CCc1ccccc1NC(=O)C(=O)N/N=C\c1ccc(OCC(=O)Nc2ccc(Br)cc2F)cc1. The fourth-order valence-electron chi connectivity index (χ4n) is 2.92. The molecule has 35 heavy (non-hydrogen) atoms. The molecule has 0 fully saturated rings. The Morgan fingerprint density at radius 2 is 1.71 bits per heavy atom. The standard InChI is InChI=1S/C25H22BrFN4O4/c1-2-17-5-3-4-6-21(17)30-24(33)25(34)31-28-14-16-7-10-19(11-8-16)35-15-23(32)29-22-12-9-18(26)13-20(22)27/h3-14H,2,15H2,1H3,(H,29,32)(H,30,33)(H,31,34)/b28-14-. The smallest absolute Gasteiger partial charge is 0.329 e. The summed E-state index contributed by atoms with van der Waals surface area (Å²) >= 11 is 3.15. The van der Waals surface area contributed by atoms with Crippen LogP contribution >= 0.6 is 15.9 Å². The Balaban J connectivity index is 1.45. The monoisotopic (exact) mass is 540 g/mol. The summed E-state index contributed by atoms with van der Waals surface area (Å²) in [6.45, 7) is 1.64. The number of aryl methyl sites for hydroxylation is 1. The number of carbonyl (C=O) groups is 3. The highest BCUT2D eigenvalue weighted by Gasteiger charge is 2.14. The molecule has 10 heteroatoms. The van der Waals surface area contributed by atoms with Crippen molar-refractivity contribution < 1.29 is 23.5 Å². The number of nitrogens with one attached hydrogen (secondary N) is 3. The molecule has 0 atom stereocenters. The second-order valence-electron chi connectivity index (χ2n) is 7.19. The largest absolute Gasteiger partial charge is 0.484 e. The molecule has 3 rings (SSSR count). The Bertz CT molecular complexity index is 1250. The number of nitrogens with zero attached hydrogens (tertiary/aromatic N) is 1. The van der Waals surface area contributed by atoms with Crippen LogP contribution in [0.5, 0.6) is 5.75 Å². The summed E-state index contributed by atoms with van der Waals surface area (Å²) in [5.74, 6) is -2.40. The maximum atomic E-state index is 13.8. The van der Waals surface area contributed by atoms with Gasteiger partial charge in [-0.2, -0.15) is 5.10 Å². The summed E-state index contributed by atoms with van der Waals surface area (Å²) in [6.07, 6.45) is 2.07. The molecule has 0 spiro atoms. The van der Waals surface area contributed by atoms with Crippen LogP contribution in [-0.4, -0.2) is 30.5 Å². The van der Waals surface area contributed by atoms with E-state index in [9.17, 15) is 18.8 Å². The molecule has 0 saturated carbocycles. The summed E-state index contributed by atoms with van der Waals surface area (Å²) in [5, 5.41) is 8.78. The molecule has 0 saturated heterocycles. The number of hydrazone groups is 1. The van der Waals surface area contributed by atoms with Crippen molar-refractivity contribution in [2.45, 2.75) is 13.3 Å². The molecule has 8 nitrogen and oxygen atoms in total. The number of benzene rings is 3. The summed E-state index contributed by atoms with van der Waals surface area (Å²) in [5.41, 5.74) is 4.34. The third-order valence-corrected chi connectivity index (χ3v) is 5.18. The van der Waals surface area contributed by atoms with Crippen LogP contribution in [0.4, 0.5) is 15.8 Å². The Morgan fingerprint density at radius 1 is 0.971 bits per heavy atom. The number of hydrogen-bond donors (Lipinski definition) is 3. The lowest BCUT2D eigenvalue weighted by atomic mass is 10.1. The van der Waals surface area contributed by atoms with Gasteiger partial charge in [0.15, 0.2) is 6.61 Å². The predicted octanol–water partition coefficient (Wildman–Crippen LogP) is 4.26. The molecule has 0 bridgehead atoms. The van der Waals surface area contributed by atoms with E-state index in [0.29, 0.717) is 27.9 Å². The van der Waals surface area contributed by atoms with E-state index in [1.54, 1.807) is 42.5 Å². The molecular formula is C25H22BrFN4O4. The number of amides is 3. The Morgan fingerprint density at radius 3 is 2.43 bits per heavy atom. The van der Waals surface area contributed by atoms with Crippen LogP contribution in [0.2, 0.25) is 0 Å². The molecule has 0 aromatic heterocycles. The summed E-state index contributed by atoms with van der Waals surface area (Å²) in [6, 6.07) is 18.0. The lowest BCUT2D eigenvalue weighted by Crippen LogP contribution is -2.32. The third kappa shape index (κ3) is 7.75. The van der Waals surface area contributed by atoms with Crippen molar-refractivity contribution in [3.8, 4) is 5.75 Å². The van der Waals surface area contributed by atoms with E-state index in [1.165, 1.54) is 18.3 Å². The molecule has 0 radical (unpaired) electrons. The van der Waals surface area contributed by atoms with Gasteiger partial charge in [0.2, 0.25) is 0 Å². The van der Waals surface area contributed by atoms with Crippen LogP contribution in [0.1, 0.15) is 18.1 Å². The van der Waals surface area contributed by atoms with Crippen molar-refractivity contribution in [3.63, 3.8) is 0 Å². The molecule has 0 heterocycles. The molecule has 0 aliphatic rings. The van der Waals surface area contributed by atoms with E-state index in [0.717, 1.165) is 5.56 Å². The van der Waals surface area contributed by atoms with Crippen LogP contribution in [0, 0.1) is 5.82 Å².